The van der Waals surface area contributed by atoms with Crippen LogP contribution in [0.4, 0.5) is 4.79 Å². The second-order valence-electron chi connectivity index (χ2n) is 4.78. The van der Waals surface area contributed by atoms with Gasteiger partial charge in [-0.3, -0.25) is 0 Å². The Morgan fingerprint density at radius 2 is 2.09 bits per heavy atom. The van der Waals surface area contributed by atoms with Crippen LogP contribution in [-0.2, 0) is 14.2 Å². The molecular weight excluding hydrogens is 329 g/mol. The van der Waals surface area contributed by atoms with Gasteiger partial charge in [0.2, 0.25) is 0 Å². The van der Waals surface area contributed by atoms with Crippen LogP contribution in [0.1, 0.15) is 37.9 Å². The van der Waals surface area contributed by atoms with Crippen LogP contribution in [0.2, 0.25) is 10.0 Å². The van der Waals surface area contributed by atoms with Gasteiger partial charge in [-0.1, -0.05) is 42.6 Å². The number of rotatable bonds is 9. The predicted octanol–water partition coefficient (Wildman–Crippen LogP) is 4.31. The summed E-state index contributed by atoms with van der Waals surface area (Å²) < 4.78 is 15.8. The lowest BCUT2D eigenvalue weighted by molar-refractivity contribution is -0.117. The Bertz CT molecular complexity index is 485. The number of hydrogen-bond donors (Lipinski definition) is 1. The van der Waals surface area contributed by atoms with Gasteiger partial charge in [0, 0.05) is 22.7 Å². The molecule has 0 saturated carbocycles. The molecule has 0 aliphatic heterocycles. The third kappa shape index (κ3) is 6.01. The molecule has 0 heterocycles. The minimum atomic E-state index is -0.850. The molecule has 22 heavy (non-hydrogen) atoms. The summed E-state index contributed by atoms with van der Waals surface area (Å²) in [7, 11) is 1.51. The number of ether oxygens (including phenoxy) is 3. The van der Waals surface area contributed by atoms with Gasteiger partial charge in [-0.15, -0.1) is 0 Å². The van der Waals surface area contributed by atoms with Crippen LogP contribution in [0.5, 0.6) is 0 Å². The van der Waals surface area contributed by atoms with Crippen molar-refractivity contribution in [3.05, 3.63) is 33.8 Å². The van der Waals surface area contributed by atoms with E-state index in [-0.39, 0.29) is 6.79 Å². The van der Waals surface area contributed by atoms with Crippen molar-refractivity contribution < 1.29 is 19.0 Å². The van der Waals surface area contributed by atoms with Gasteiger partial charge in [-0.2, -0.15) is 0 Å². The van der Waals surface area contributed by atoms with Crippen molar-refractivity contribution in [3.63, 3.8) is 0 Å². The number of primary amides is 1. The molecule has 5 nitrogen and oxygen atoms in total. The van der Waals surface area contributed by atoms with E-state index in [1.54, 1.807) is 18.2 Å². The molecule has 1 aromatic carbocycles. The first-order valence-corrected chi connectivity index (χ1v) is 7.76. The van der Waals surface area contributed by atoms with Gasteiger partial charge < -0.3 is 19.9 Å². The summed E-state index contributed by atoms with van der Waals surface area (Å²) in [6.45, 7) is 2.08. The van der Waals surface area contributed by atoms with Crippen molar-refractivity contribution in [1.29, 1.82) is 0 Å². The number of benzene rings is 1. The van der Waals surface area contributed by atoms with Crippen molar-refractivity contribution in [2.75, 3.05) is 13.9 Å². The second-order valence-corrected chi connectivity index (χ2v) is 5.62. The highest BCUT2D eigenvalue weighted by atomic mass is 35.5. The van der Waals surface area contributed by atoms with Gasteiger partial charge in [-0.05, 0) is 25.0 Å². The predicted molar refractivity (Wildman–Crippen MR) is 86.1 cm³/mol. The Morgan fingerprint density at radius 3 is 2.64 bits per heavy atom. The Morgan fingerprint density at radius 1 is 1.36 bits per heavy atom. The number of carbonyl (C=O) groups is 1. The van der Waals surface area contributed by atoms with Gasteiger partial charge in [-0.25, -0.2) is 4.79 Å². The Balaban J connectivity index is 3.07. The number of unbranched alkanes of at least 4 members (excludes halogenated alkanes) is 1. The number of carbonyl (C=O) groups excluding carboxylic acids is 1. The lowest BCUT2D eigenvalue weighted by Gasteiger charge is -2.27. The Hall–Kier alpha value is -1.01. The van der Waals surface area contributed by atoms with Crippen molar-refractivity contribution in [3.8, 4) is 0 Å². The lowest BCUT2D eigenvalue weighted by atomic mass is 9.99. The Labute approximate surface area is 140 Å². The summed E-state index contributed by atoms with van der Waals surface area (Å²) in [5.74, 6) is 0. The molecule has 0 radical (unpaired) electrons. The third-order valence-corrected chi connectivity index (χ3v) is 3.64. The first kappa shape index (κ1) is 19.0. The summed E-state index contributed by atoms with van der Waals surface area (Å²) in [5, 5.41) is 0.948. The summed E-state index contributed by atoms with van der Waals surface area (Å²) in [6.07, 6.45) is 0.430. The van der Waals surface area contributed by atoms with Crippen molar-refractivity contribution in [1.82, 2.24) is 0 Å². The number of halogens is 2. The van der Waals surface area contributed by atoms with Crippen molar-refractivity contribution >= 4 is 29.3 Å². The number of nitrogens with two attached hydrogens (primary N) is 1. The van der Waals surface area contributed by atoms with E-state index in [4.69, 9.17) is 43.1 Å². The number of hydrogen-bond acceptors (Lipinski definition) is 4. The van der Waals surface area contributed by atoms with Crippen LogP contribution in [0, 0.1) is 0 Å². The van der Waals surface area contributed by atoms with Crippen LogP contribution in [0.15, 0.2) is 18.2 Å². The van der Waals surface area contributed by atoms with Gasteiger partial charge in [0.15, 0.2) is 0 Å². The first-order chi connectivity index (χ1) is 10.5. The molecule has 1 aromatic rings. The summed E-state index contributed by atoms with van der Waals surface area (Å²) in [4.78, 5) is 11.2. The molecule has 0 spiro atoms. The molecule has 2 unspecified atom stereocenters. The zero-order valence-corrected chi connectivity index (χ0v) is 14.2. The molecule has 2 N–H and O–H groups in total. The molecule has 0 saturated heterocycles. The van der Waals surface area contributed by atoms with E-state index in [2.05, 4.69) is 0 Å². The molecule has 7 heteroatoms. The monoisotopic (exact) mass is 349 g/mol. The zero-order valence-electron chi connectivity index (χ0n) is 12.7. The van der Waals surface area contributed by atoms with Gasteiger partial charge in [0.05, 0.1) is 0 Å². The fraction of sp³-hybridized carbons (Fsp3) is 0.533. The molecule has 0 bridgehead atoms. The Kier molecular flexibility index (Phi) is 8.56. The third-order valence-electron chi connectivity index (χ3n) is 3.08. The molecule has 0 fully saturated rings. The standard InChI is InChI=1S/C15H21Cl2NO4/c1-3-4-5-13(22-15(18)19)14(21-9-20-2)11-7-6-10(16)8-12(11)17/h6-8,13-14H,3-5,9H2,1-2H3,(H2,18,19). The minimum absolute atomic E-state index is 0.0361. The van der Waals surface area contributed by atoms with E-state index in [0.29, 0.717) is 22.0 Å². The summed E-state index contributed by atoms with van der Waals surface area (Å²) in [5.41, 5.74) is 5.84. The average molecular weight is 350 g/mol. The second kappa shape index (κ2) is 9.90. The highest BCUT2D eigenvalue weighted by Gasteiger charge is 2.28. The highest BCUT2D eigenvalue weighted by molar-refractivity contribution is 6.35. The molecule has 0 aliphatic rings. The first-order valence-electron chi connectivity index (χ1n) is 7.01. The van der Waals surface area contributed by atoms with Crippen molar-refractivity contribution in [2.24, 2.45) is 5.73 Å². The van der Waals surface area contributed by atoms with Gasteiger partial charge in [0.1, 0.15) is 19.0 Å². The van der Waals surface area contributed by atoms with E-state index in [9.17, 15) is 4.79 Å². The number of amides is 1. The van der Waals surface area contributed by atoms with E-state index in [1.807, 2.05) is 6.92 Å². The van der Waals surface area contributed by atoms with Crippen LogP contribution < -0.4 is 5.73 Å². The van der Waals surface area contributed by atoms with E-state index in [1.165, 1.54) is 7.11 Å². The molecular formula is C15H21Cl2NO4. The number of methoxy groups -OCH3 is 1. The van der Waals surface area contributed by atoms with E-state index < -0.39 is 18.3 Å². The average Bonchev–Trinajstić information content (AvgIpc) is 2.45. The maximum atomic E-state index is 11.2. The van der Waals surface area contributed by atoms with Crippen LogP contribution in [0.3, 0.4) is 0 Å². The maximum absolute atomic E-state index is 11.2. The van der Waals surface area contributed by atoms with Crippen LogP contribution in [-0.4, -0.2) is 26.1 Å². The molecule has 2 atom stereocenters. The van der Waals surface area contributed by atoms with Crippen molar-refractivity contribution in [2.45, 2.75) is 38.4 Å². The summed E-state index contributed by atoms with van der Waals surface area (Å²) in [6, 6.07) is 5.06. The van der Waals surface area contributed by atoms with Gasteiger partial charge >= 0.3 is 6.09 Å². The molecule has 0 aromatic heterocycles. The topological polar surface area (TPSA) is 70.8 Å². The SMILES string of the molecule is CCCCC(OC(N)=O)C(OCOC)c1ccc(Cl)cc1Cl. The van der Waals surface area contributed by atoms with E-state index in [0.717, 1.165) is 12.8 Å². The van der Waals surface area contributed by atoms with E-state index >= 15 is 0 Å². The maximum Gasteiger partial charge on any atom is 0.404 e. The smallest absolute Gasteiger partial charge is 0.404 e. The fourth-order valence-corrected chi connectivity index (χ4v) is 2.61. The summed E-state index contributed by atoms with van der Waals surface area (Å²) >= 11 is 12.2. The quantitative estimate of drug-likeness (QED) is 0.674. The van der Waals surface area contributed by atoms with Crippen LogP contribution >= 0.6 is 23.2 Å². The molecule has 0 aliphatic carbocycles. The molecule has 1 rings (SSSR count). The molecule has 1 amide bonds. The normalized spacial score (nSPS) is 13.6. The van der Waals surface area contributed by atoms with Crippen LogP contribution in [0.25, 0.3) is 0 Å². The van der Waals surface area contributed by atoms with Gasteiger partial charge in [0.25, 0.3) is 0 Å². The fourth-order valence-electron chi connectivity index (χ4n) is 2.10. The molecule has 124 valence electrons. The minimum Gasteiger partial charge on any atom is -0.443 e. The highest BCUT2D eigenvalue weighted by Crippen LogP contribution is 2.33. The zero-order chi connectivity index (χ0) is 16.5. The largest absolute Gasteiger partial charge is 0.443 e. The lowest BCUT2D eigenvalue weighted by Crippen LogP contribution is -2.30.